The molecule has 7 heteroatoms. The molecule has 0 radical (unpaired) electrons. The monoisotopic (exact) mass is 373 g/mol. The molecule has 1 rings (SSSR count). The van der Waals surface area contributed by atoms with E-state index in [0.29, 0.717) is 14.7 Å². The molecule has 0 amide bonds. The standard InChI is InChI=1S/C11H17BrClNO2S2/c1-4-8(5-2)7(3)14-18(15,16)10-6-9(13)11(12)17-10/h6-8,14H,4-5H2,1-3H3. The van der Waals surface area contributed by atoms with Crippen LogP contribution in [-0.4, -0.2) is 14.5 Å². The lowest BCUT2D eigenvalue weighted by atomic mass is 9.96. The third kappa shape index (κ3) is 3.93. The van der Waals surface area contributed by atoms with E-state index in [1.807, 2.05) is 6.92 Å². The molecule has 0 aliphatic rings. The van der Waals surface area contributed by atoms with Gasteiger partial charge in [-0.1, -0.05) is 38.3 Å². The Morgan fingerprint density at radius 3 is 2.39 bits per heavy atom. The average Bonchev–Trinajstić information content (AvgIpc) is 2.61. The van der Waals surface area contributed by atoms with Gasteiger partial charge in [-0.2, -0.15) is 0 Å². The van der Waals surface area contributed by atoms with E-state index in [-0.39, 0.29) is 10.3 Å². The molecule has 0 spiro atoms. The number of nitrogens with one attached hydrogen (secondary N) is 1. The number of hydrogen-bond acceptors (Lipinski definition) is 3. The molecule has 1 N–H and O–H groups in total. The molecule has 0 bridgehead atoms. The lowest BCUT2D eigenvalue weighted by molar-refractivity contribution is 0.391. The van der Waals surface area contributed by atoms with E-state index in [0.717, 1.165) is 24.2 Å². The zero-order valence-corrected chi connectivity index (χ0v) is 14.5. The molecule has 1 heterocycles. The van der Waals surface area contributed by atoms with Gasteiger partial charge in [-0.15, -0.1) is 11.3 Å². The van der Waals surface area contributed by atoms with E-state index >= 15 is 0 Å². The van der Waals surface area contributed by atoms with Gasteiger partial charge in [0, 0.05) is 6.04 Å². The molecular formula is C11H17BrClNO2S2. The van der Waals surface area contributed by atoms with Gasteiger partial charge in [-0.05, 0) is 34.8 Å². The predicted molar refractivity (Wildman–Crippen MR) is 80.9 cm³/mol. The van der Waals surface area contributed by atoms with Crippen LogP contribution in [0.15, 0.2) is 14.1 Å². The zero-order valence-electron chi connectivity index (χ0n) is 10.5. The maximum atomic E-state index is 12.2. The van der Waals surface area contributed by atoms with Gasteiger partial charge in [-0.25, -0.2) is 13.1 Å². The van der Waals surface area contributed by atoms with Gasteiger partial charge in [0.2, 0.25) is 10.0 Å². The Bertz CT molecular complexity index is 478. The van der Waals surface area contributed by atoms with Crippen LogP contribution < -0.4 is 4.72 Å². The van der Waals surface area contributed by atoms with Crippen LogP contribution >= 0.6 is 38.9 Å². The summed E-state index contributed by atoms with van der Waals surface area (Å²) in [4.78, 5) is 0. The lowest BCUT2D eigenvalue weighted by Crippen LogP contribution is -2.37. The van der Waals surface area contributed by atoms with E-state index in [4.69, 9.17) is 11.6 Å². The topological polar surface area (TPSA) is 46.2 Å². The van der Waals surface area contributed by atoms with E-state index in [1.165, 1.54) is 6.07 Å². The molecule has 0 aliphatic heterocycles. The molecule has 104 valence electrons. The second-order valence-electron chi connectivity index (χ2n) is 4.17. The van der Waals surface area contributed by atoms with Crippen LogP contribution in [0.4, 0.5) is 0 Å². The fourth-order valence-corrected chi connectivity index (χ4v) is 5.58. The Morgan fingerprint density at radius 2 is 2.00 bits per heavy atom. The third-order valence-corrected chi connectivity index (χ3v) is 7.49. The summed E-state index contributed by atoms with van der Waals surface area (Å²) in [6.45, 7) is 6.04. The predicted octanol–water partition coefficient (Wildman–Crippen LogP) is 4.27. The van der Waals surface area contributed by atoms with Crippen molar-refractivity contribution in [2.24, 2.45) is 5.92 Å². The SMILES string of the molecule is CCC(CC)C(C)NS(=O)(=O)c1cc(Cl)c(Br)s1. The fourth-order valence-electron chi connectivity index (χ4n) is 1.85. The summed E-state index contributed by atoms with van der Waals surface area (Å²) < 4.78 is 27.9. The highest BCUT2D eigenvalue weighted by Crippen LogP contribution is 2.34. The number of thiophene rings is 1. The van der Waals surface area contributed by atoms with Gasteiger partial charge >= 0.3 is 0 Å². The van der Waals surface area contributed by atoms with Crippen molar-refractivity contribution in [3.63, 3.8) is 0 Å². The summed E-state index contributed by atoms with van der Waals surface area (Å²) in [6, 6.07) is 1.39. The van der Waals surface area contributed by atoms with Crippen LogP contribution in [-0.2, 0) is 10.0 Å². The molecule has 1 aromatic rings. The van der Waals surface area contributed by atoms with E-state index in [1.54, 1.807) is 0 Å². The molecule has 0 aromatic carbocycles. The number of sulfonamides is 1. The molecular weight excluding hydrogens is 358 g/mol. The van der Waals surface area contributed by atoms with Crippen LogP contribution in [0.5, 0.6) is 0 Å². The summed E-state index contributed by atoms with van der Waals surface area (Å²) in [5.74, 6) is 0.346. The van der Waals surface area contributed by atoms with Crippen LogP contribution in [0.1, 0.15) is 33.6 Å². The van der Waals surface area contributed by atoms with Crippen molar-refractivity contribution in [2.45, 2.75) is 43.9 Å². The van der Waals surface area contributed by atoms with Crippen molar-refractivity contribution in [3.8, 4) is 0 Å². The quantitative estimate of drug-likeness (QED) is 0.808. The second-order valence-corrected chi connectivity index (χ2v) is 8.89. The first-order valence-corrected chi connectivity index (χ1v) is 9.26. The highest BCUT2D eigenvalue weighted by Gasteiger charge is 2.24. The minimum absolute atomic E-state index is 0.0790. The maximum Gasteiger partial charge on any atom is 0.250 e. The first-order chi connectivity index (χ1) is 8.31. The molecule has 0 saturated heterocycles. The Labute approximate surface area is 126 Å². The molecule has 0 fully saturated rings. The van der Waals surface area contributed by atoms with Crippen LogP contribution in [0.2, 0.25) is 5.02 Å². The number of halogens is 2. The minimum Gasteiger partial charge on any atom is -0.207 e. The first kappa shape index (κ1) is 16.4. The minimum atomic E-state index is -3.47. The van der Waals surface area contributed by atoms with E-state index in [9.17, 15) is 8.42 Å². The lowest BCUT2D eigenvalue weighted by Gasteiger charge is -2.21. The molecule has 1 unspecified atom stereocenters. The van der Waals surface area contributed by atoms with Crippen molar-refractivity contribution in [2.75, 3.05) is 0 Å². The molecule has 3 nitrogen and oxygen atoms in total. The van der Waals surface area contributed by atoms with Crippen LogP contribution in [0, 0.1) is 5.92 Å². The van der Waals surface area contributed by atoms with Gasteiger partial charge in [0.05, 0.1) is 8.81 Å². The number of rotatable bonds is 6. The van der Waals surface area contributed by atoms with Crippen molar-refractivity contribution in [1.29, 1.82) is 0 Å². The third-order valence-electron chi connectivity index (χ3n) is 2.98. The normalized spacial score (nSPS) is 14.1. The van der Waals surface area contributed by atoms with Crippen molar-refractivity contribution >= 4 is 48.9 Å². The zero-order chi connectivity index (χ0) is 13.9. The number of hydrogen-bond donors (Lipinski definition) is 1. The summed E-state index contributed by atoms with van der Waals surface area (Å²) in [7, 11) is -3.47. The molecule has 18 heavy (non-hydrogen) atoms. The summed E-state index contributed by atoms with van der Waals surface area (Å²) in [5, 5.41) is 0.426. The molecule has 1 aromatic heterocycles. The molecule has 1 atom stereocenters. The van der Waals surface area contributed by atoms with Crippen molar-refractivity contribution in [1.82, 2.24) is 4.72 Å². The van der Waals surface area contributed by atoms with Crippen LogP contribution in [0.25, 0.3) is 0 Å². The summed E-state index contributed by atoms with van der Waals surface area (Å²) in [5.41, 5.74) is 0. The maximum absolute atomic E-state index is 12.2. The smallest absolute Gasteiger partial charge is 0.207 e. The van der Waals surface area contributed by atoms with Crippen molar-refractivity contribution < 1.29 is 8.42 Å². The Hall–Kier alpha value is 0.380. The van der Waals surface area contributed by atoms with Gasteiger partial charge in [0.1, 0.15) is 4.21 Å². The first-order valence-electron chi connectivity index (χ1n) is 5.79. The highest BCUT2D eigenvalue weighted by atomic mass is 79.9. The van der Waals surface area contributed by atoms with Gasteiger partial charge in [0.15, 0.2) is 0 Å². The van der Waals surface area contributed by atoms with Gasteiger partial charge < -0.3 is 0 Å². The molecule has 0 aliphatic carbocycles. The summed E-state index contributed by atoms with van der Waals surface area (Å²) in [6.07, 6.45) is 1.91. The fraction of sp³-hybridized carbons (Fsp3) is 0.636. The van der Waals surface area contributed by atoms with E-state index in [2.05, 4.69) is 34.5 Å². The largest absolute Gasteiger partial charge is 0.250 e. The van der Waals surface area contributed by atoms with Gasteiger partial charge in [0.25, 0.3) is 0 Å². The van der Waals surface area contributed by atoms with Crippen molar-refractivity contribution in [3.05, 3.63) is 14.9 Å². The Kier molecular flexibility index (Phi) is 6.12. The van der Waals surface area contributed by atoms with E-state index < -0.39 is 10.0 Å². The van der Waals surface area contributed by atoms with Gasteiger partial charge in [-0.3, -0.25) is 0 Å². The highest BCUT2D eigenvalue weighted by molar-refractivity contribution is 9.11. The Morgan fingerprint density at radius 1 is 1.44 bits per heavy atom. The second kappa shape index (κ2) is 6.70. The Balaban J connectivity index is 2.88. The summed E-state index contributed by atoms with van der Waals surface area (Å²) >= 11 is 10.2. The molecule has 0 saturated carbocycles. The average molecular weight is 375 g/mol. The van der Waals surface area contributed by atoms with Crippen LogP contribution in [0.3, 0.4) is 0 Å².